The number of nitrogens with zero attached hydrogens (tertiary/aromatic N) is 4. The zero-order valence-corrected chi connectivity index (χ0v) is 11.8. The highest BCUT2D eigenvalue weighted by molar-refractivity contribution is 5.56. The van der Waals surface area contributed by atoms with Crippen LogP contribution in [0.2, 0.25) is 0 Å². The van der Waals surface area contributed by atoms with Crippen molar-refractivity contribution in [2.45, 2.75) is 19.4 Å². The molecule has 8 nitrogen and oxygen atoms in total. The van der Waals surface area contributed by atoms with Crippen LogP contribution in [0.4, 0.5) is 17.3 Å². The molecule has 1 aromatic rings. The SMILES string of the molecule is CCCNc1cc([N+](=O)[O-])cc(N2CCOC(C#N)C2)n1. The van der Waals surface area contributed by atoms with Gasteiger partial charge in [0.15, 0.2) is 6.10 Å². The van der Waals surface area contributed by atoms with Gasteiger partial charge in [0.25, 0.3) is 5.69 Å². The molecule has 112 valence electrons. The van der Waals surface area contributed by atoms with E-state index in [2.05, 4.69) is 10.3 Å². The summed E-state index contributed by atoms with van der Waals surface area (Å²) in [5, 5.41) is 23.0. The van der Waals surface area contributed by atoms with Crippen molar-refractivity contribution in [2.75, 3.05) is 36.5 Å². The van der Waals surface area contributed by atoms with Gasteiger partial charge in [0.1, 0.15) is 11.6 Å². The topological polar surface area (TPSA) is 104 Å². The number of hydrogen-bond acceptors (Lipinski definition) is 7. The van der Waals surface area contributed by atoms with Crippen molar-refractivity contribution in [1.29, 1.82) is 5.26 Å². The smallest absolute Gasteiger partial charge is 0.276 e. The highest BCUT2D eigenvalue weighted by Crippen LogP contribution is 2.24. The van der Waals surface area contributed by atoms with E-state index < -0.39 is 11.0 Å². The molecule has 0 saturated carbocycles. The number of nitrogens with one attached hydrogen (secondary N) is 1. The fourth-order valence-electron chi connectivity index (χ4n) is 2.05. The van der Waals surface area contributed by atoms with Gasteiger partial charge in [-0.1, -0.05) is 6.92 Å². The van der Waals surface area contributed by atoms with E-state index in [9.17, 15) is 10.1 Å². The minimum Gasteiger partial charge on any atom is -0.370 e. The van der Waals surface area contributed by atoms with Crippen LogP contribution in [0.1, 0.15) is 13.3 Å². The molecule has 0 aliphatic carbocycles. The first-order valence-corrected chi connectivity index (χ1v) is 6.80. The molecule has 8 heteroatoms. The number of nitriles is 1. The summed E-state index contributed by atoms with van der Waals surface area (Å²) in [6.45, 7) is 4.01. The van der Waals surface area contributed by atoms with Crippen molar-refractivity contribution in [1.82, 2.24) is 4.98 Å². The van der Waals surface area contributed by atoms with Crippen molar-refractivity contribution in [3.8, 4) is 6.07 Å². The van der Waals surface area contributed by atoms with E-state index in [0.717, 1.165) is 6.42 Å². The second kappa shape index (κ2) is 6.85. The second-order valence-electron chi connectivity index (χ2n) is 4.69. The van der Waals surface area contributed by atoms with Crippen LogP contribution in [0.5, 0.6) is 0 Å². The van der Waals surface area contributed by atoms with E-state index >= 15 is 0 Å². The molecule has 1 saturated heterocycles. The first-order chi connectivity index (χ1) is 10.1. The molecule has 2 rings (SSSR count). The third-order valence-corrected chi connectivity index (χ3v) is 3.10. The van der Waals surface area contributed by atoms with Gasteiger partial charge < -0.3 is 15.0 Å². The Bertz CT molecular complexity index is 557. The molecular weight excluding hydrogens is 274 g/mol. The van der Waals surface area contributed by atoms with Crippen molar-refractivity contribution >= 4 is 17.3 Å². The Morgan fingerprint density at radius 1 is 1.67 bits per heavy atom. The molecule has 21 heavy (non-hydrogen) atoms. The molecule has 0 aromatic carbocycles. The molecule has 1 aromatic heterocycles. The van der Waals surface area contributed by atoms with Crippen molar-refractivity contribution in [3.05, 3.63) is 22.2 Å². The van der Waals surface area contributed by atoms with Crippen LogP contribution in [0, 0.1) is 21.4 Å². The summed E-state index contributed by atoms with van der Waals surface area (Å²) in [7, 11) is 0. The first kappa shape index (κ1) is 15.0. The largest absolute Gasteiger partial charge is 0.370 e. The predicted octanol–water partition coefficient (Wildman–Crippen LogP) is 1.54. The molecule has 1 aliphatic rings. The summed E-state index contributed by atoms with van der Waals surface area (Å²) in [5.41, 5.74) is -0.0152. The van der Waals surface area contributed by atoms with E-state index in [1.165, 1.54) is 12.1 Å². The van der Waals surface area contributed by atoms with Crippen LogP contribution < -0.4 is 10.2 Å². The van der Waals surface area contributed by atoms with E-state index in [1.807, 2.05) is 17.9 Å². The van der Waals surface area contributed by atoms with Gasteiger partial charge in [0.05, 0.1) is 36.3 Å². The normalized spacial score (nSPS) is 18.1. The van der Waals surface area contributed by atoms with Gasteiger partial charge in [-0.25, -0.2) is 4.98 Å². The number of morpholine rings is 1. The number of pyridine rings is 1. The van der Waals surface area contributed by atoms with E-state index in [1.54, 1.807) is 0 Å². The number of aromatic nitrogens is 1. The van der Waals surface area contributed by atoms with E-state index in [4.69, 9.17) is 10.00 Å². The minimum absolute atomic E-state index is 0.0152. The third-order valence-electron chi connectivity index (χ3n) is 3.10. The molecule has 1 fully saturated rings. The predicted molar refractivity (Wildman–Crippen MR) is 77.2 cm³/mol. The summed E-state index contributed by atoms with van der Waals surface area (Å²) < 4.78 is 5.27. The molecule has 0 amide bonds. The highest BCUT2D eigenvalue weighted by Gasteiger charge is 2.23. The Morgan fingerprint density at radius 2 is 2.48 bits per heavy atom. The Labute approximate surface area is 122 Å². The number of hydrogen-bond donors (Lipinski definition) is 1. The van der Waals surface area contributed by atoms with Crippen molar-refractivity contribution in [3.63, 3.8) is 0 Å². The quantitative estimate of drug-likeness (QED) is 0.648. The standard InChI is InChI=1S/C13H17N5O3/c1-2-3-15-12-6-10(18(19)20)7-13(16-12)17-4-5-21-11(8-14)9-17/h6-7,11H,2-5,9H2,1H3,(H,15,16). The molecule has 0 bridgehead atoms. The van der Waals surface area contributed by atoms with Gasteiger partial charge in [-0.2, -0.15) is 5.26 Å². The van der Waals surface area contributed by atoms with Crippen LogP contribution >= 0.6 is 0 Å². The van der Waals surface area contributed by atoms with Crippen LogP contribution in [-0.2, 0) is 4.74 Å². The molecule has 1 aliphatic heterocycles. The lowest BCUT2D eigenvalue weighted by atomic mass is 10.2. The Balaban J connectivity index is 2.26. The van der Waals surface area contributed by atoms with E-state index in [-0.39, 0.29) is 5.69 Å². The minimum atomic E-state index is -0.535. The summed E-state index contributed by atoms with van der Waals surface area (Å²) in [6, 6.07) is 4.89. The highest BCUT2D eigenvalue weighted by atomic mass is 16.6. The average Bonchev–Trinajstić information content (AvgIpc) is 2.52. The van der Waals surface area contributed by atoms with Crippen LogP contribution in [-0.4, -0.2) is 42.3 Å². The lowest BCUT2D eigenvalue weighted by molar-refractivity contribution is -0.384. The number of ether oxygens (including phenoxy) is 1. The lowest BCUT2D eigenvalue weighted by Crippen LogP contribution is -2.42. The van der Waals surface area contributed by atoms with Gasteiger partial charge >= 0.3 is 0 Å². The van der Waals surface area contributed by atoms with Crippen molar-refractivity contribution < 1.29 is 9.66 Å². The maximum Gasteiger partial charge on any atom is 0.276 e. The van der Waals surface area contributed by atoms with Crippen LogP contribution in [0.3, 0.4) is 0 Å². The molecule has 1 unspecified atom stereocenters. The maximum absolute atomic E-state index is 11.0. The number of rotatable bonds is 5. The third kappa shape index (κ3) is 3.79. The number of anilines is 2. The average molecular weight is 291 g/mol. The molecular formula is C13H17N5O3. The summed E-state index contributed by atoms with van der Waals surface area (Å²) in [5.74, 6) is 0.965. The lowest BCUT2D eigenvalue weighted by Gasteiger charge is -2.30. The van der Waals surface area contributed by atoms with Crippen LogP contribution in [0.25, 0.3) is 0 Å². The molecule has 0 spiro atoms. The van der Waals surface area contributed by atoms with Gasteiger partial charge in [-0.15, -0.1) is 0 Å². The van der Waals surface area contributed by atoms with Gasteiger partial charge in [-0.3, -0.25) is 10.1 Å². The second-order valence-corrected chi connectivity index (χ2v) is 4.69. The van der Waals surface area contributed by atoms with Gasteiger partial charge in [0, 0.05) is 13.1 Å². The zero-order chi connectivity index (χ0) is 15.2. The summed E-state index contributed by atoms with van der Waals surface area (Å²) in [4.78, 5) is 16.8. The first-order valence-electron chi connectivity index (χ1n) is 6.80. The monoisotopic (exact) mass is 291 g/mol. The Hall–Kier alpha value is -2.40. The van der Waals surface area contributed by atoms with Gasteiger partial charge in [-0.05, 0) is 6.42 Å². The fraction of sp³-hybridized carbons (Fsp3) is 0.538. The van der Waals surface area contributed by atoms with Gasteiger partial charge in [0.2, 0.25) is 0 Å². The Morgan fingerprint density at radius 3 is 3.14 bits per heavy atom. The zero-order valence-electron chi connectivity index (χ0n) is 11.8. The van der Waals surface area contributed by atoms with Crippen molar-refractivity contribution in [2.24, 2.45) is 0 Å². The van der Waals surface area contributed by atoms with Crippen LogP contribution in [0.15, 0.2) is 12.1 Å². The molecule has 2 heterocycles. The fourth-order valence-corrected chi connectivity index (χ4v) is 2.05. The number of nitro groups is 1. The summed E-state index contributed by atoms with van der Waals surface area (Å²) >= 11 is 0. The Kier molecular flexibility index (Phi) is 4.90. The molecule has 1 N–H and O–H groups in total. The van der Waals surface area contributed by atoms with E-state index in [0.29, 0.717) is 37.9 Å². The molecule has 0 radical (unpaired) electrons. The molecule has 1 atom stereocenters. The maximum atomic E-state index is 11.0. The summed E-state index contributed by atoms with van der Waals surface area (Å²) in [6.07, 6.45) is 0.361.